The molecule has 0 spiro atoms. The van der Waals surface area contributed by atoms with Crippen LogP contribution in [0.25, 0.3) is 0 Å². The van der Waals surface area contributed by atoms with Crippen LogP contribution >= 0.6 is 11.6 Å². The summed E-state index contributed by atoms with van der Waals surface area (Å²) < 4.78 is 0. The topological polar surface area (TPSA) is 46.2 Å². The van der Waals surface area contributed by atoms with Gasteiger partial charge in [-0.05, 0) is 12.8 Å². The van der Waals surface area contributed by atoms with E-state index in [1.54, 1.807) is 0 Å². The number of hydrogen-bond donors (Lipinski definition) is 1. The third-order valence-electron chi connectivity index (χ3n) is 2.41. The molecule has 0 saturated carbocycles. The van der Waals surface area contributed by atoms with Crippen LogP contribution < -0.4 is 5.32 Å². The summed E-state index contributed by atoms with van der Waals surface area (Å²) in [7, 11) is 0. The Hall–Kier alpha value is -0.830. The molecule has 64 valence electrons. The van der Waals surface area contributed by atoms with Crippen LogP contribution in [0, 0.1) is 11.8 Å². The van der Waals surface area contributed by atoms with Crippen LogP contribution in [0.3, 0.4) is 0 Å². The monoisotopic (exact) mass is 185 g/mol. The highest BCUT2D eigenvalue weighted by molar-refractivity contribution is 6.30. The molecule has 2 rings (SSSR count). The van der Waals surface area contributed by atoms with Crippen molar-refractivity contribution in [2.75, 3.05) is 0 Å². The Kier molecular flexibility index (Phi) is 1.68. The number of carbonyl (C=O) groups is 2. The Morgan fingerprint density at radius 1 is 1.33 bits per heavy atom. The second-order valence-corrected chi connectivity index (χ2v) is 3.64. The highest BCUT2D eigenvalue weighted by atomic mass is 35.5. The Morgan fingerprint density at radius 2 is 2.00 bits per heavy atom. The predicted octanol–water partition coefficient (Wildman–Crippen LogP) is 0.792. The Labute approximate surface area is 74.8 Å². The number of carbonyl (C=O) groups excluding carboxylic acids is 2. The van der Waals surface area contributed by atoms with Crippen molar-refractivity contribution in [3.8, 4) is 0 Å². The summed E-state index contributed by atoms with van der Waals surface area (Å²) >= 11 is 5.77. The molecule has 0 unspecified atom stereocenters. The van der Waals surface area contributed by atoms with Gasteiger partial charge in [-0.2, -0.15) is 0 Å². The minimum absolute atomic E-state index is 0.148. The van der Waals surface area contributed by atoms with E-state index < -0.39 is 0 Å². The molecule has 1 saturated heterocycles. The molecule has 1 fully saturated rings. The van der Waals surface area contributed by atoms with Crippen LogP contribution in [0.15, 0.2) is 11.1 Å². The van der Waals surface area contributed by atoms with Gasteiger partial charge in [0.2, 0.25) is 11.8 Å². The van der Waals surface area contributed by atoms with Crippen molar-refractivity contribution in [3.05, 3.63) is 11.1 Å². The Bertz CT molecular complexity index is 285. The maximum Gasteiger partial charge on any atom is 0.230 e. The van der Waals surface area contributed by atoms with Gasteiger partial charge in [0.25, 0.3) is 0 Å². The summed E-state index contributed by atoms with van der Waals surface area (Å²) in [6.45, 7) is 0. The van der Waals surface area contributed by atoms with Gasteiger partial charge in [-0.15, -0.1) is 0 Å². The molecule has 12 heavy (non-hydrogen) atoms. The van der Waals surface area contributed by atoms with Crippen molar-refractivity contribution >= 4 is 23.4 Å². The van der Waals surface area contributed by atoms with Crippen LogP contribution in [-0.2, 0) is 9.59 Å². The lowest BCUT2D eigenvalue weighted by Crippen LogP contribution is -2.22. The highest BCUT2D eigenvalue weighted by Gasteiger charge is 2.42. The molecular weight excluding hydrogens is 178 g/mol. The number of nitrogens with one attached hydrogen (secondary N) is 1. The molecule has 0 radical (unpaired) electrons. The fraction of sp³-hybridized carbons (Fsp3) is 0.500. The number of allylic oxidation sites excluding steroid dienone is 2. The number of rotatable bonds is 0. The maximum absolute atomic E-state index is 11.1. The summed E-state index contributed by atoms with van der Waals surface area (Å²) in [5.74, 6) is -0.698. The molecule has 3 nitrogen and oxygen atoms in total. The fourth-order valence-electron chi connectivity index (χ4n) is 1.73. The van der Waals surface area contributed by atoms with Gasteiger partial charge in [0.15, 0.2) is 0 Å². The van der Waals surface area contributed by atoms with Crippen LogP contribution in [0.5, 0.6) is 0 Å². The van der Waals surface area contributed by atoms with Crippen LogP contribution in [-0.4, -0.2) is 11.8 Å². The number of hydrogen-bond acceptors (Lipinski definition) is 2. The van der Waals surface area contributed by atoms with Gasteiger partial charge >= 0.3 is 0 Å². The number of amides is 2. The Balaban J connectivity index is 2.27. The molecule has 4 heteroatoms. The molecule has 0 bridgehead atoms. The molecule has 0 aromatic carbocycles. The van der Waals surface area contributed by atoms with Crippen LogP contribution in [0.1, 0.15) is 12.8 Å². The summed E-state index contributed by atoms with van der Waals surface area (Å²) in [5.41, 5.74) is 0. The van der Waals surface area contributed by atoms with E-state index >= 15 is 0 Å². The molecule has 1 aliphatic heterocycles. The average molecular weight is 186 g/mol. The minimum atomic E-state index is -0.213. The molecule has 2 atom stereocenters. The van der Waals surface area contributed by atoms with Crippen LogP contribution in [0.4, 0.5) is 0 Å². The van der Waals surface area contributed by atoms with E-state index in [1.165, 1.54) is 0 Å². The van der Waals surface area contributed by atoms with Crippen molar-refractivity contribution in [1.29, 1.82) is 0 Å². The first-order valence-corrected chi connectivity index (χ1v) is 4.25. The Morgan fingerprint density at radius 3 is 2.75 bits per heavy atom. The second-order valence-electron chi connectivity index (χ2n) is 3.16. The summed E-state index contributed by atoms with van der Waals surface area (Å²) in [5, 5.41) is 3.00. The van der Waals surface area contributed by atoms with Gasteiger partial charge in [-0.25, -0.2) is 0 Å². The zero-order valence-corrected chi connectivity index (χ0v) is 7.10. The lowest BCUT2D eigenvalue weighted by molar-refractivity contribution is -0.126. The zero-order valence-electron chi connectivity index (χ0n) is 6.34. The predicted molar refractivity (Wildman–Crippen MR) is 43.3 cm³/mol. The van der Waals surface area contributed by atoms with E-state index in [2.05, 4.69) is 5.32 Å². The van der Waals surface area contributed by atoms with Crippen molar-refractivity contribution in [2.45, 2.75) is 12.8 Å². The van der Waals surface area contributed by atoms with Gasteiger partial charge in [0.05, 0.1) is 11.8 Å². The number of imide groups is 1. The molecule has 1 N–H and O–H groups in total. The molecule has 0 aromatic rings. The third kappa shape index (κ3) is 1.05. The molecule has 1 heterocycles. The first-order chi connectivity index (χ1) is 5.68. The molecule has 2 aliphatic rings. The van der Waals surface area contributed by atoms with Gasteiger partial charge in [0.1, 0.15) is 0 Å². The van der Waals surface area contributed by atoms with E-state index in [9.17, 15) is 9.59 Å². The van der Waals surface area contributed by atoms with E-state index in [0.717, 1.165) is 0 Å². The molecule has 0 aromatic heterocycles. The standard InChI is InChI=1S/C8H8ClNO2/c9-4-1-2-5-6(3-4)8(12)10-7(5)11/h1,5-6H,2-3H2,(H,10,11,12)/t5-,6-/m1/s1. The lowest BCUT2D eigenvalue weighted by Gasteiger charge is -2.17. The van der Waals surface area contributed by atoms with Gasteiger partial charge in [-0.1, -0.05) is 17.7 Å². The SMILES string of the molecule is O=C1NC(=O)[C@@H]2CC(Cl)=CC[C@@H]12. The smallest absolute Gasteiger partial charge is 0.230 e. The van der Waals surface area contributed by atoms with E-state index in [0.29, 0.717) is 17.9 Å². The fourth-order valence-corrected chi connectivity index (χ4v) is 1.98. The summed E-state index contributed by atoms with van der Waals surface area (Å²) in [6.07, 6.45) is 2.94. The van der Waals surface area contributed by atoms with E-state index in [4.69, 9.17) is 11.6 Å². The summed E-state index contributed by atoms with van der Waals surface area (Å²) in [6, 6.07) is 0. The molecule has 1 aliphatic carbocycles. The number of fused-ring (bicyclic) bond motifs is 1. The van der Waals surface area contributed by atoms with E-state index in [1.807, 2.05) is 6.08 Å². The van der Waals surface area contributed by atoms with Gasteiger partial charge in [0, 0.05) is 5.03 Å². The normalized spacial score (nSPS) is 34.2. The lowest BCUT2D eigenvalue weighted by atomic mass is 9.85. The average Bonchev–Trinajstić information content (AvgIpc) is 2.28. The van der Waals surface area contributed by atoms with Crippen molar-refractivity contribution in [1.82, 2.24) is 5.32 Å². The second kappa shape index (κ2) is 2.59. The van der Waals surface area contributed by atoms with Gasteiger partial charge < -0.3 is 0 Å². The minimum Gasteiger partial charge on any atom is -0.296 e. The van der Waals surface area contributed by atoms with E-state index in [-0.39, 0.29) is 23.7 Å². The third-order valence-corrected chi connectivity index (χ3v) is 2.72. The number of halogens is 1. The maximum atomic E-state index is 11.1. The largest absolute Gasteiger partial charge is 0.296 e. The quantitative estimate of drug-likeness (QED) is 0.568. The van der Waals surface area contributed by atoms with Crippen LogP contribution in [0.2, 0.25) is 0 Å². The first-order valence-electron chi connectivity index (χ1n) is 3.87. The summed E-state index contributed by atoms with van der Waals surface area (Å²) in [4.78, 5) is 22.3. The first kappa shape index (κ1) is 7.80. The van der Waals surface area contributed by atoms with Crippen molar-refractivity contribution in [2.24, 2.45) is 11.8 Å². The van der Waals surface area contributed by atoms with Crippen molar-refractivity contribution in [3.63, 3.8) is 0 Å². The zero-order chi connectivity index (χ0) is 8.72. The highest BCUT2D eigenvalue weighted by Crippen LogP contribution is 2.34. The molecular formula is C8H8ClNO2. The van der Waals surface area contributed by atoms with Gasteiger partial charge in [-0.3, -0.25) is 14.9 Å². The van der Waals surface area contributed by atoms with Crippen molar-refractivity contribution < 1.29 is 9.59 Å². The molecule has 2 amide bonds.